The first-order valence-corrected chi connectivity index (χ1v) is 10.1. The summed E-state index contributed by atoms with van der Waals surface area (Å²) in [5.41, 5.74) is 1.23. The molecule has 1 saturated heterocycles. The van der Waals surface area contributed by atoms with Gasteiger partial charge in [0.1, 0.15) is 5.75 Å². The average Bonchev–Trinajstić information content (AvgIpc) is 3.26. The third kappa shape index (κ3) is 5.30. The van der Waals surface area contributed by atoms with Gasteiger partial charge in [0.25, 0.3) is 5.91 Å². The average molecular weight is 424 g/mol. The van der Waals surface area contributed by atoms with Crippen LogP contribution in [0.1, 0.15) is 23.3 Å². The Kier molecular flexibility index (Phi) is 6.51. The van der Waals surface area contributed by atoms with Crippen LogP contribution in [0, 0.1) is 6.92 Å². The van der Waals surface area contributed by atoms with Crippen molar-refractivity contribution in [2.45, 2.75) is 32.4 Å². The van der Waals surface area contributed by atoms with Gasteiger partial charge in [0.2, 0.25) is 0 Å². The number of rotatable bonds is 7. The fourth-order valence-electron chi connectivity index (χ4n) is 2.80. The van der Waals surface area contributed by atoms with Gasteiger partial charge in [-0.25, -0.2) is 0 Å². The van der Waals surface area contributed by atoms with Crippen molar-refractivity contribution in [1.29, 1.82) is 0 Å². The van der Waals surface area contributed by atoms with Crippen LogP contribution in [0.2, 0.25) is 0 Å². The van der Waals surface area contributed by atoms with E-state index in [0.717, 1.165) is 23.9 Å². The highest BCUT2D eigenvalue weighted by Crippen LogP contribution is 2.21. The molecule has 134 valence electrons. The zero-order valence-corrected chi connectivity index (χ0v) is 16.6. The van der Waals surface area contributed by atoms with Crippen molar-refractivity contribution in [3.8, 4) is 5.75 Å². The van der Waals surface area contributed by atoms with Gasteiger partial charge in [-0.3, -0.25) is 4.79 Å². The Bertz CT molecular complexity index is 695. The number of ether oxygens (including phenoxy) is 2. The summed E-state index contributed by atoms with van der Waals surface area (Å²) in [6.45, 7) is 4.16. The van der Waals surface area contributed by atoms with Gasteiger partial charge in [0.05, 0.1) is 12.6 Å². The molecule has 6 heteroatoms. The summed E-state index contributed by atoms with van der Waals surface area (Å²) in [5.74, 6) is 0.687. The molecule has 1 aromatic carbocycles. The molecule has 1 aliphatic heterocycles. The Labute approximate surface area is 160 Å². The summed E-state index contributed by atoms with van der Waals surface area (Å²) in [6, 6.07) is 9.60. The molecule has 0 radical (unpaired) electrons. The van der Waals surface area contributed by atoms with Crippen LogP contribution in [-0.4, -0.2) is 36.7 Å². The van der Waals surface area contributed by atoms with Crippen molar-refractivity contribution in [2.24, 2.45) is 0 Å². The van der Waals surface area contributed by atoms with E-state index in [4.69, 9.17) is 9.47 Å². The zero-order chi connectivity index (χ0) is 17.6. The van der Waals surface area contributed by atoms with Gasteiger partial charge >= 0.3 is 0 Å². The Morgan fingerprint density at radius 1 is 1.36 bits per heavy atom. The quantitative estimate of drug-likeness (QED) is 0.661. The number of thiophene rings is 1. The third-order valence-corrected chi connectivity index (χ3v) is 5.82. The van der Waals surface area contributed by atoms with Gasteiger partial charge in [-0.2, -0.15) is 0 Å². The second-order valence-electron chi connectivity index (χ2n) is 6.18. The Hall–Kier alpha value is -1.37. The molecule has 2 heterocycles. The summed E-state index contributed by atoms with van der Waals surface area (Å²) in [4.78, 5) is 15.8. The maximum Gasteiger partial charge on any atom is 0.260 e. The number of nitrogens with zero attached hydrogens (tertiary/aromatic N) is 1. The smallest absolute Gasteiger partial charge is 0.260 e. The highest BCUT2D eigenvalue weighted by atomic mass is 79.9. The van der Waals surface area contributed by atoms with Crippen molar-refractivity contribution in [1.82, 2.24) is 4.90 Å². The molecule has 1 unspecified atom stereocenters. The molecule has 1 aliphatic rings. The van der Waals surface area contributed by atoms with E-state index in [2.05, 4.69) is 34.3 Å². The fourth-order valence-corrected chi connectivity index (χ4v) is 3.98. The predicted octanol–water partition coefficient (Wildman–Crippen LogP) is 4.41. The molecule has 0 aliphatic carbocycles. The molecule has 0 N–H and O–H groups in total. The molecular weight excluding hydrogens is 402 g/mol. The number of benzene rings is 1. The Morgan fingerprint density at radius 2 is 2.16 bits per heavy atom. The lowest BCUT2D eigenvalue weighted by Gasteiger charge is -2.25. The van der Waals surface area contributed by atoms with E-state index in [1.807, 2.05) is 29.2 Å². The predicted molar refractivity (Wildman–Crippen MR) is 103 cm³/mol. The maximum atomic E-state index is 12.7. The minimum Gasteiger partial charge on any atom is -0.484 e. The van der Waals surface area contributed by atoms with Crippen LogP contribution in [0.25, 0.3) is 0 Å². The Morgan fingerprint density at radius 3 is 2.80 bits per heavy atom. The van der Waals surface area contributed by atoms with E-state index in [1.54, 1.807) is 11.3 Å². The summed E-state index contributed by atoms with van der Waals surface area (Å²) in [7, 11) is 0. The number of amides is 1. The first kappa shape index (κ1) is 18.4. The van der Waals surface area contributed by atoms with Crippen molar-refractivity contribution < 1.29 is 14.3 Å². The first-order chi connectivity index (χ1) is 12.1. The lowest BCUT2D eigenvalue weighted by atomic mass is 10.2. The molecule has 25 heavy (non-hydrogen) atoms. The maximum absolute atomic E-state index is 12.7. The highest BCUT2D eigenvalue weighted by Gasteiger charge is 2.23. The van der Waals surface area contributed by atoms with Gasteiger partial charge < -0.3 is 14.4 Å². The largest absolute Gasteiger partial charge is 0.484 e. The summed E-state index contributed by atoms with van der Waals surface area (Å²) >= 11 is 5.08. The topological polar surface area (TPSA) is 38.8 Å². The Balaban J connectivity index is 1.63. The van der Waals surface area contributed by atoms with Crippen LogP contribution in [-0.2, 0) is 16.1 Å². The summed E-state index contributed by atoms with van der Waals surface area (Å²) in [5, 5.41) is 2.07. The van der Waals surface area contributed by atoms with Crippen molar-refractivity contribution in [3.05, 3.63) is 50.6 Å². The molecule has 1 amide bonds. The summed E-state index contributed by atoms with van der Waals surface area (Å²) < 4.78 is 12.4. The normalized spacial score (nSPS) is 16.8. The van der Waals surface area contributed by atoms with Gasteiger partial charge in [-0.05, 0) is 61.0 Å². The van der Waals surface area contributed by atoms with Crippen LogP contribution >= 0.6 is 27.3 Å². The molecule has 4 nitrogen and oxygen atoms in total. The second-order valence-corrected chi connectivity index (χ2v) is 8.10. The van der Waals surface area contributed by atoms with E-state index < -0.39 is 0 Å². The zero-order valence-electron chi connectivity index (χ0n) is 14.2. The number of hydrogen-bond donors (Lipinski definition) is 0. The minimum atomic E-state index is -0.00813. The highest BCUT2D eigenvalue weighted by molar-refractivity contribution is 9.10. The molecule has 1 atom stereocenters. The van der Waals surface area contributed by atoms with Crippen molar-refractivity contribution >= 4 is 33.2 Å². The standard InChI is InChI=1S/C19H22BrNO3S/c1-14-8-10-25-18(14)12-21(11-17-3-2-9-23-17)19(22)13-24-16-6-4-15(20)5-7-16/h4-8,10,17H,2-3,9,11-13H2,1H3. The molecule has 1 aromatic heterocycles. The molecule has 0 saturated carbocycles. The van der Waals surface area contributed by atoms with Gasteiger partial charge in [-0.15, -0.1) is 11.3 Å². The van der Waals surface area contributed by atoms with Crippen LogP contribution in [0.15, 0.2) is 40.2 Å². The lowest BCUT2D eigenvalue weighted by molar-refractivity contribution is -0.135. The summed E-state index contributed by atoms with van der Waals surface area (Å²) in [6.07, 6.45) is 2.22. The SMILES string of the molecule is Cc1ccsc1CN(CC1CCCO1)C(=O)COc1ccc(Br)cc1. The van der Waals surface area contributed by atoms with Crippen molar-refractivity contribution in [2.75, 3.05) is 19.8 Å². The minimum absolute atomic E-state index is 0.00813. The molecule has 0 spiro atoms. The molecule has 2 aromatic rings. The van der Waals surface area contributed by atoms with E-state index >= 15 is 0 Å². The number of carbonyl (C=O) groups is 1. The third-order valence-electron chi connectivity index (χ3n) is 4.28. The number of carbonyl (C=O) groups excluding carboxylic acids is 1. The first-order valence-electron chi connectivity index (χ1n) is 8.42. The van der Waals surface area contributed by atoms with Crippen molar-refractivity contribution in [3.63, 3.8) is 0 Å². The lowest BCUT2D eigenvalue weighted by Crippen LogP contribution is -2.39. The molecule has 3 rings (SSSR count). The molecule has 1 fully saturated rings. The van der Waals surface area contributed by atoms with Crippen LogP contribution in [0.3, 0.4) is 0 Å². The number of hydrogen-bond acceptors (Lipinski definition) is 4. The van der Waals surface area contributed by atoms with E-state index in [0.29, 0.717) is 18.8 Å². The van der Waals surface area contributed by atoms with Crippen LogP contribution in [0.5, 0.6) is 5.75 Å². The van der Waals surface area contributed by atoms with Crippen LogP contribution < -0.4 is 4.74 Å². The van der Waals surface area contributed by atoms with Gasteiger partial charge in [0.15, 0.2) is 6.61 Å². The monoisotopic (exact) mass is 423 g/mol. The van der Waals surface area contributed by atoms with Crippen LogP contribution in [0.4, 0.5) is 0 Å². The van der Waals surface area contributed by atoms with E-state index in [1.165, 1.54) is 10.4 Å². The second kappa shape index (κ2) is 8.83. The number of aryl methyl sites for hydroxylation is 1. The molecular formula is C19H22BrNO3S. The molecule has 0 bridgehead atoms. The van der Waals surface area contributed by atoms with Gasteiger partial charge in [-0.1, -0.05) is 15.9 Å². The fraction of sp³-hybridized carbons (Fsp3) is 0.421. The van der Waals surface area contributed by atoms with Gasteiger partial charge in [0, 0.05) is 22.5 Å². The number of halogens is 1. The van der Waals surface area contributed by atoms with E-state index in [9.17, 15) is 4.79 Å². The van der Waals surface area contributed by atoms with E-state index in [-0.39, 0.29) is 18.6 Å².